The van der Waals surface area contributed by atoms with E-state index in [-0.39, 0.29) is 5.78 Å². The first kappa shape index (κ1) is 15.5. The molecule has 1 N–H and O–H groups in total. The number of carbonyl (C=O) groups excluding carboxylic acids is 1. The Bertz CT molecular complexity index is 517. The van der Waals surface area contributed by atoms with Gasteiger partial charge in [0, 0.05) is 19.6 Å². The van der Waals surface area contributed by atoms with Crippen LogP contribution in [0.1, 0.15) is 17.3 Å². The summed E-state index contributed by atoms with van der Waals surface area (Å²) in [5.74, 6) is -0.418. The van der Waals surface area contributed by atoms with Gasteiger partial charge in [0.1, 0.15) is 12.4 Å². The normalized spacial score (nSPS) is 19.2. The topological polar surface area (TPSA) is 76.1 Å². The van der Waals surface area contributed by atoms with Crippen molar-refractivity contribution in [1.29, 1.82) is 0 Å². The lowest BCUT2D eigenvalue weighted by Gasteiger charge is -2.30. The van der Waals surface area contributed by atoms with E-state index < -0.39 is 12.1 Å². The lowest BCUT2D eigenvalue weighted by atomic mass is 10.1. The van der Waals surface area contributed by atoms with Crippen LogP contribution in [0.4, 0.5) is 0 Å². The highest BCUT2D eigenvalue weighted by Gasteiger charge is 2.25. The van der Waals surface area contributed by atoms with Crippen LogP contribution < -0.4 is 4.74 Å². The van der Waals surface area contributed by atoms with E-state index in [9.17, 15) is 9.59 Å². The molecule has 0 amide bonds. The quantitative estimate of drug-likeness (QED) is 0.790. The number of benzene rings is 1. The second-order valence-corrected chi connectivity index (χ2v) is 4.90. The van der Waals surface area contributed by atoms with Gasteiger partial charge in [-0.1, -0.05) is 12.1 Å². The highest BCUT2D eigenvalue weighted by Crippen LogP contribution is 2.18. The summed E-state index contributed by atoms with van der Waals surface area (Å²) in [4.78, 5) is 24.4. The number of aliphatic carboxylic acids is 1. The molecule has 1 aromatic carbocycles. The fraction of sp³-hybridized carbons (Fsp3) is 0.467. The number of nitrogens with zero attached hydrogens (tertiary/aromatic N) is 1. The maximum atomic E-state index is 11.5. The van der Waals surface area contributed by atoms with E-state index in [4.69, 9.17) is 14.6 Å². The predicted octanol–water partition coefficient (Wildman–Crippen LogP) is 1.05. The molecule has 0 aliphatic carbocycles. The molecular formula is C15H19NO5. The van der Waals surface area contributed by atoms with Gasteiger partial charge in [-0.05, 0) is 19.1 Å². The molecule has 1 unspecified atom stereocenters. The summed E-state index contributed by atoms with van der Waals surface area (Å²) in [5, 5.41) is 8.94. The van der Waals surface area contributed by atoms with Crippen molar-refractivity contribution in [3.05, 3.63) is 29.8 Å². The Morgan fingerprint density at radius 2 is 2.19 bits per heavy atom. The molecule has 1 aliphatic heterocycles. The summed E-state index contributed by atoms with van der Waals surface area (Å²) in [5.41, 5.74) is 0.558. The first-order chi connectivity index (χ1) is 10.1. The summed E-state index contributed by atoms with van der Waals surface area (Å²) in [6.07, 6.45) is -0.775. The lowest BCUT2D eigenvalue weighted by molar-refractivity contribution is -0.156. The van der Waals surface area contributed by atoms with Crippen molar-refractivity contribution in [1.82, 2.24) is 4.90 Å². The smallest absolute Gasteiger partial charge is 0.334 e. The molecule has 2 rings (SSSR count). The van der Waals surface area contributed by atoms with Gasteiger partial charge >= 0.3 is 5.97 Å². The molecule has 114 valence electrons. The van der Waals surface area contributed by atoms with Gasteiger partial charge in [-0.25, -0.2) is 4.79 Å². The van der Waals surface area contributed by atoms with E-state index >= 15 is 0 Å². The van der Waals surface area contributed by atoms with E-state index in [1.165, 1.54) is 6.92 Å². The monoisotopic (exact) mass is 293 g/mol. The van der Waals surface area contributed by atoms with Crippen LogP contribution in [0.3, 0.4) is 0 Å². The minimum atomic E-state index is -0.942. The first-order valence-electron chi connectivity index (χ1n) is 6.87. The van der Waals surface area contributed by atoms with Gasteiger partial charge in [-0.2, -0.15) is 0 Å². The largest absolute Gasteiger partial charge is 0.491 e. The Labute approximate surface area is 123 Å². The lowest BCUT2D eigenvalue weighted by Crippen LogP contribution is -2.47. The Balaban J connectivity index is 1.84. The van der Waals surface area contributed by atoms with Gasteiger partial charge in [-0.15, -0.1) is 0 Å². The second-order valence-electron chi connectivity index (χ2n) is 4.90. The standard InChI is InChI=1S/C15H19NO5/c1-11(17)12-4-2-3-5-13(12)20-8-6-16-7-9-21-14(10-16)15(18)19/h2-5,14H,6-10H2,1H3,(H,18,19). The molecule has 0 saturated carbocycles. The van der Waals surface area contributed by atoms with Crippen LogP contribution in [0, 0.1) is 0 Å². The molecule has 1 saturated heterocycles. The number of carboxylic acid groups (broad SMARTS) is 1. The zero-order valence-electron chi connectivity index (χ0n) is 11.9. The first-order valence-corrected chi connectivity index (χ1v) is 6.87. The average molecular weight is 293 g/mol. The van der Waals surface area contributed by atoms with Crippen molar-refractivity contribution >= 4 is 11.8 Å². The molecule has 6 heteroatoms. The van der Waals surface area contributed by atoms with Crippen LogP contribution in [0.15, 0.2) is 24.3 Å². The number of para-hydroxylation sites is 1. The van der Waals surface area contributed by atoms with Crippen molar-refractivity contribution in [2.45, 2.75) is 13.0 Å². The minimum Gasteiger partial charge on any atom is -0.491 e. The summed E-state index contributed by atoms with van der Waals surface area (Å²) >= 11 is 0. The van der Waals surface area contributed by atoms with Gasteiger partial charge in [0.15, 0.2) is 11.9 Å². The van der Waals surface area contributed by atoms with Crippen LogP contribution in [-0.2, 0) is 9.53 Å². The fourth-order valence-corrected chi connectivity index (χ4v) is 2.22. The second kappa shape index (κ2) is 7.19. The van der Waals surface area contributed by atoms with Crippen molar-refractivity contribution in [2.75, 3.05) is 32.8 Å². The van der Waals surface area contributed by atoms with Gasteiger partial charge in [-0.3, -0.25) is 9.69 Å². The minimum absolute atomic E-state index is 0.0390. The number of morpholine rings is 1. The molecule has 0 spiro atoms. The number of ketones is 1. The van der Waals surface area contributed by atoms with Gasteiger partial charge in [0.25, 0.3) is 0 Å². The highest BCUT2D eigenvalue weighted by molar-refractivity contribution is 5.96. The molecule has 0 radical (unpaired) electrons. The summed E-state index contributed by atoms with van der Waals surface area (Å²) in [6, 6.07) is 7.10. The zero-order valence-corrected chi connectivity index (χ0v) is 11.9. The number of ether oxygens (including phenoxy) is 2. The number of carboxylic acids is 1. The molecule has 21 heavy (non-hydrogen) atoms. The number of rotatable bonds is 6. The summed E-state index contributed by atoms with van der Waals surface area (Å²) in [6.45, 7) is 3.94. The van der Waals surface area contributed by atoms with E-state index in [0.29, 0.717) is 44.2 Å². The molecule has 0 bridgehead atoms. The third kappa shape index (κ3) is 4.27. The van der Waals surface area contributed by atoms with E-state index in [1.807, 2.05) is 11.0 Å². The summed E-state index contributed by atoms with van der Waals surface area (Å²) in [7, 11) is 0. The molecule has 0 aromatic heterocycles. The van der Waals surface area contributed by atoms with Gasteiger partial charge < -0.3 is 14.6 Å². The molecule has 1 heterocycles. The molecule has 1 fully saturated rings. The van der Waals surface area contributed by atoms with Crippen LogP contribution in [0.5, 0.6) is 5.75 Å². The van der Waals surface area contributed by atoms with E-state index in [0.717, 1.165) is 0 Å². The third-order valence-electron chi connectivity index (χ3n) is 3.36. The van der Waals surface area contributed by atoms with Crippen molar-refractivity contribution in [3.63, 3.8) is 0 Å². The van der Waals surface area contributed by atoms with Crippen LogP contribution in [-0.4, -0.2) is 60.7 Å². The molecule has 6 nitrogen and oxygen atoms in total. The number of hydrogen-bond donors (Lipinski definition) is 1. The molecular weight excluding hydrogens is 274 g/mol. The fourth-order valence-electron chi connectivity index (χ4n) is 2.22. The van der Waals surface area contributed by atoms with Crippen LogP contribution in [0.2, 0.25) is 0 Å². The van der Waals surface area contributed by atoms with Crippen LogP contribution >= 0.6 is 0 Å². The number of Topliss-reactive ketones (excluding diaryl/α,β-unsaturated/α-hetero) is 1. The van der Waals surface area contributed by atoms with Crippen molar-refractivity contribution in [2.24, 2.45) is 0 Å². The zero-order chi connectivity index (χ0) is 15.2. The number of carbonyl (C=O) groups is 2. The Morgan fingerprint density at radius 1 is 1.43 bits per heavy atom. The van der Waals surface area contributed by atoms with Crippen molar-refractivity contribution in [3.8, 4) is 5.75 Å². The Kier molecular flexibility index (Phi) is 5.30. The molecule has 1 aromatic rings. The van der Waals surface area contributed by atoms with Gasteiger partial charge in [0.05, 0.1) is 12.2 Å². The maximum absolute atomic E-state index is 11.5. The van der Waals surface area contributed by atoms with E-state index in [2.05, 4.69) is 0 Å². The SMILES string of the molecule is CC(=O)c1ccccc1OCCN1CCOC(C(=O)O)C1. The molecule has 1 atom stereocenters. The van der Waals surface area contributed by atoms with E-state index in [1.54, 1.807) is 18.2 Å². The van der Waals surface area contributed by atoms with Gasteiger partial charge in [0.2, 0.25) is 0 Å². The molecule has 1 aliphatic rings. The predicted molar refractivity (Wildman–Crippen MR) is 75.8 cm³/mol. The third-order valence-corrected chi connectivity index (χ3v) is 3.36. The Morgan fingerprint density at radius 3 is 2.90 bits per heavy atom. The maximum Gasteiger partial charge on any atom is 0.334 e. The highest BCUT2D eigenvalue weighted by atomic mass is 16.5. The van der Waals surface area contributed by atoms with Crippen molar-refractivity contribution < 1.29 is 24.2 Å². The average Bonchev–Trinajstić information content (AvgIpc) is 2.48. The Hall–Kier alpha value is -1.92. The van der Waals surface area contributed by atoms with Crippen LogP contribution in [0.25, 0.3) is 0 Å². The number of hydrogen-bond acceptors (Lipinski definition) is 5. The summed E-state index contributed by atoms with van der Waals surface area (Å²) < 4.78 is 10.8.